The molecule has 3 aromatic rings. The zero-order chi connectivity index (χ0) is 15.7. The predicted molar refractivity (Wildman–Crippen MR) is 88.9 cm³/mol. The lowest BCUT2D eigenvalue weighted by molar-refractivity contribution is 0.869. The van der Waals surface area contributed by atoms with E-state index in [2.05, 4.69) is 40.7 Å². The number of aromatic nitrogens is 4. The summed E-state index contributed by atoms with van der Waals surface area (Å²) in [6.45, 7) is 10.3. The van der Waals surface area contributed by atoms with Gasteiger partial charge in [-0.05, 0) is 44.0 Å². The third kappa shape index (κ3) is 2.70. The summed E-state index contributed by atoms with van der Waals surface area (Å²) in [6, 6.07) is 4.30. The molecule has 0 saturated heterocycles. The highest BCUT2D eigenvalue weighted by atomic mass is 15.1. The van der Waals surface area contributed by atoms with Crippen molar-refractivity contribution in [1.29, 1.82) is 0 Å². The van der Waals surface area contributed by atoms with Crippen LogP contribution >= 0.6 is 0 Å². The lowest BCUT2D eigenvalue weighted by Crippen LogP contribution is -2.13. The van der Waals surface area contributed by atoms with Gasteiger partial charge in [0.05, 0.1) is 5.69 Å². The van der Waals surface area contributed by atoms with Crippen molar-refractivity contribution in [3.8, 4) is 0 Å². The topological polar surface area (TPSA) is 55.1 Å². The van der Waals surface area contributed by atoms with Gasteiger partial charge in [0, 0.05) is 36.4 Å². The molecule has 0 aliphatic heterocycles. The molecule has 0 spiro atoms. The molecular weight excluding hydrogens is 274 g/mol. The van der Waals surface area contributed by atoms with Gasteiger partial charge in [-0.15, -0.1) is 0 Å². The van der Waals surface area contributed by atoms with E-state index in [1.54, 1.807) is 6.20 Å². The average Bonchev–Trinajstić information content (AvgIpc) is 2.93. The van der Waals surface area contributed by atoms with Gasteiger partial charge in [-0.25, -0.2) is 15.0 Å². The highest BCUT2D eigenvalue weighted by molar-refractivity contribution is 5.79. The molecule has 3 heterocycles. The van der Waals surface area contributed by atoms with Crippen molar-refractivity contribution in [1.82, 2.24) is 19.4 Å². The number of nitrogens with one attached hydrogen (secondary N) is 1. The number of fused-ring (bicyclic) bond motifs is 1. The first-order chi connectivity index (χ1) is 10.5. The van der Waals surface area contributed by atoms with Crippen molar-refractivity contribution >= 4 is 17.2 Å². The predicted octanol–water partition coefficient (Wildman–Crippen LogP) is 3.31. The Bertz CT molecular complexity index is 832. The Morgan fingerprint density at radius 2 is 2.09 bits per heavy atom. The lowest BCUT2D eigenvalue weighted by Gasteiger charge is -2.12. The molecule has 0 fully saturated rings. The maximum Gasteiger partial charge on any atom is 0.223 e. The minimum Gasteiger partial charge on any atom is -0.352 e. The van der Waals surface area contributed by atoms with Gasteiger partial charge < -0.3 is 9.72 Å². The third-order valence-corrected chi connectivity index (χ3v) is 3.46. The Hall–Kier alpha value is -2.69. The molecule has 5 nitrogen and oxygen atoms in total. The molecule has 0 aromatic carbocycles. The van der Waals surface area contributed by atoms with Crippen LogP contribution in [0.25, 0.3) is 11.2 Å². The first kappa shape index (κ1) is 14.3. The zero-order valence-electron chi connectivity index (χ0n) is 13.0. The van der Waals surface area contributed by atoms with Crippen molar-refractivity contribution in [3.63, 3.8) is 0 Å². The quantitative estimate of drug-likeness (QED) is 0.801. The maximum absolute atomic E-state index is 4.51. The molecule has 0 bridgehead atoms. The van der Waals surface area contributed by atoms with Crippen LogP contribution in [0.2, 0.25) is 0 Å². The van der Waals surface area contributed by atoms with Gasteiger partial charge in [0.15, 0.2) is 0 Å². The van der Waals surface area contributed by atoms with Crippen molar-refractivity contribution < 1.29 is 0 Å². The number of pyridine rings is 1. The van der Waals surface area contributed by atoms with E-state index in [0.29, 0.717) is 12.0 Å². The Labute approximate surface area is 129 Å². The second-order valence-corrected chi connectivity index (χ2v) is 5.58. The number of nitrogens with zero attached hydrogens (tertiary/aromatic N) is 4. The molecule has 22 heavy (non-hydrogen) atoms. The highest BCUT2D eigenvalue weighted by Crippen LogP contribution is 2.24. The number of rotatable bonds is 4. The third-order valence-electron chi connectivity index (χ3n) is 3.46. The van der Waals surface area contributed by atoms with Gasteiger partial charge in [0.25, 0.3) is 0 Å². The zero-order valence-corrected chi connectivity index (χ0v) is 13.0. The average molecular weight is 293 g/mol. The van der Waals surface area contributed by atoms with Crippen LogP contribution in [-0.4, -0.2) is 25.4 Å². The van der Waals surface area contributed by atoms with Gasteiger partial charge in [-0.3, -0.25) is 0 Å². The van der Waals surface area contributed by atoms with Gasteiger partial charge in [0.2, 0.25) is 5.95 Å². The number of imidazole rings is 1. The monoisotopic (exact) mass is 293 g/mol. The summed E-state index contributed by atoms with van der Waals surface area (Å²) in [5.74, 6) is 0.647. The minimum absolute atomic E-state index is 0.303. The van der Waals surface area contributed by atoms with Crippen LogP contribution in [-0.2, 0) is 0 Å². The number of hydrogen-bond acceptors (Lipinski definition) is 4. The van der Waals surface area contributed by atoms with Crippen molar-refractivity contribution in [3.05, 3.63) is 60.3 Å². The molecule has 3 rings (SSSR count). The Kier molecular flexibility index (Phi) is 3.63. The number of hydrogen-bond donors (Lipinski definition) is 1. The first-order valence-corrected chi connectivity index (χ1v) is 7.27. The molecule has 0 aliphatic rings. The molecule has 1 N–H and O–H groups in total. The molecule has 0 unspecified atom stereocenters. The van der Waals surface area contributed by atoms with E-state index in [1.807, 2.05) is 42.0 Å². The van der Waals surface area contributed by atoms with E-state index in [1.165, 1.54) is 0 Å². The van der Waals surface area contributed by atoms with Crippen molar-refractivity contribution in [2.75, 3.05) is 5.32 Å². The van der Waals surface area contributed by atoms with Crippen LogP contribution in [0.15, 0.2) is 43.5 Å². The van der Waals surface area contributed by atoms with Crippen molar-refractivity contribution in [2.45, 2.75) is 26.8 Å². The Morgan fingerprint density at radius 1 is 1.27 bits per heavy atom. The maximum atomic E-state index is 4.51. The van der Waals surface area contributed by atoms with Crippen LogP contribution in [0.3, 0.4) is 0 Å². The second-order valence-electron chi connectivity index (χ2n) is 5.58. The van der Waals surface area contributed by atoms with E-state index in [0.717, 1.165) is 28.0 Å². The smallest absolute Gasteiger partial charge is 0.223 e. The van der Waals surface area contributed by atoms with Crippen molar-refractivity contribution in [2.24, 2.45) is 0 Å². The molecule has 0 radical (unpaired) electrons. The van der Waals surface area contributed by atoms with E-state index < -0.39 is 0 Å². The molecule has 0 atom stereocenters. The van der Waals surface area contributed by atoms with Crippen LogP contribution < -0.4 is 5.32 Å². The molecule has 112 valence electrons. The first-order valence-electron chi connectivity index (χ1n) is 7.27. The van der Waals surface area contributed by atoms with Gasteiger partial charge in [-0.1, -0.05) is 6.58 Å². The highest BCUT2D eigenvalue weighted by Gasteiger charge is 2.10. The molecule has 0 saturated carbocycles. The van der Waals surface area contributed by atoms with Crippen LogP contribution in [0.5, 0.6) is 0 Å². The van der Waals surface area contributed by atoms with E-state index in [9.17, 15) is 0 Å². The summed E-state index contributed by atoms with van der Waals surface area (Å²) < 4.78 is 1.98. The molecule has 5 heteroatoms. The van der Waals surface area contributed by atoms with Crippen LogP contribution in [0, 0.1) is 6.92 Å². The largest absolute Gasteiger partial charge is 0.352 e. The fourth-order valence-corrected chi connectivity index (χ4v) is 2.35. The Balaban J connectivity index is 1.94. The lowest BCUT2D eigenvalue weighted by atomic mass is 10.0. The summed E-state index contributed by atoms with van der Waals surface area (Å²) in [7, 11) is 0. The van der Waals surface area contributed by atoms with E-state index >= 15 is 0 Å². The second kappa shape index (κ2) is 5.60. The number of aryl methyl sites for hydroxylation is 1. The Morgan fingerprint density at radius 3 is 2.82 bits per heavy atom. The molecule has 3 aromatic heterocycles. The van der Waals surface area contributed by atoms with Crippen LogP contribution in [0.1, 0.15) is 30.7 Å². The summed E-state index contributed by atoms with van der Waals surface area (Å²) in [5, 5.41) is 3.21. The number of anilines is 1. The summed E-state index contributed by atoms with van der Waals surface area (Å²) in [4.78, 5) is 13.1. The normalized spacial score (nSPS) is 11.1. The van der Waals surface area contributed by atoms with Gasteiger partial charge in [0.1, 0.15) is 5.65 Å². The SMILES string of the molecule is C=C(c1ccc2nccn2c1)c1cnc(NC(C)C)nc1C. The molecular formula is C17H19N5. The van der Waals surface area contributed by atoms with Gasteiger partial charge in [-0.2, -0.15) is 0 Å². The van der Waals surface area contributed by atoms with Crippen LogP contribution in [0.4, 0.5) is 5.95 Å². The van der Waals surface area contributed by atoms with E-state index in [-0.39, 0.29) is 0 Å². The summed E-state index contributed by atoms with van der Waals surface area (Å²) in [5.41, 5.74) is 4.72. The molecule has 0 aliphatic carbocycles. The summed E-state index contributed by atoms with van der Waals surface area (Å²) in [6.07, 6.45) is 7.55. The minimum atomic E-state index is 0.303. The van der Waals surface area contributed by atoms with Gasteiger partial charge >= 0.3 is 0 Å². The summed E-state index contributed by atoms with van der Waals surface area (Å²) >= 11 is 0. The standard InChI is InChI=1S/C17H19N5/c1-11(2)20-17-19-9-15(13(4)21-17)12(3)14-5-6-16-18-7-8-22(16)10-14/h5-11H,3H2,1-2,4H3,(H,19,20,21). The fraction of sp³-hybridized carbons (Fsp3) is 0.235. The molecule has 0 amide bonds. The fourth-order valence-electron chi connectivity index (χ4n) is 2.35. The van der Waals surface area contributed by atoms with E-state index in [4.69, 9.17) is 0 Å².